The summed E-state index contributed by atoms with van der Waals surface area (Å²) < 4.78 is 0. The number of nitrogens with zero attached hydrogens (tertiary/aromatic N) is 2. The van der Waals surface area contributed by atoms with Crippen molar-refractivity contribution in [2.24, 2.45) is 11.8 Å². The summed E-state index contributed by atoms with van der Waals surface area (Å²) in [5.74, 6) is 0.789. The summed E-state index contributed by atoms with van der Waals surface area (Å²) in [5, 5.41) is 5.13. The van der Waals surface area contributed by atoms with Crippen molar-refractivity contribution >= 4 is 22.6 Å². The molecule has 2 amide bonds. The molecule has 1 aliphatic heterocycles. The van der Waals surface area contributed by atoms with Crippen LogP contribution in [0.5, 0.6) is 0 Å². The Hall–Kier alpha value is -2.43. The van der Waals surface area contributed by atoms with Crippen molar-refractivity contribution in [3.05, 3.63) is 42.2 Å². The molecule has 2 aliphatic rings. The predicted molar refractivity (Wildman–Crippen MR) is 96.1 cm³/mol. The maximum Gasteiger partial charge on any atom is 0.254 e. The fraction of sp³-hybridized carbons (Fsp3) is 0.450. The Bertz CT molecular complexity index is 809. The van der Waals surface area contributed by atoms with E-state index in [0.717, 1.165) is 10.8 Å². The first-order valence-electron chi connectivity index (χ1n) is 9.05. The summed E-state index contributed by atoms with van der Waals surface area (Å²) in [5.41, 5.74) is 0.674. The highest BCUT2D eigenvalue weighted by molar-refractivity contribution is 5.99. The summed E-state index contributed by atoms with van der Waals surface area (Å²) in [6.07, 6.45) is 7.10. The Morgan fingerprint density at radius 3 is 2.72 bits per heavy atom. The van der Waals surface area contributed by atoms with Crippen molar-refractivity contribution in [3.63, 3.8) is 0 Å². The lowest BCUT2D eigenvalue weighted by molar-refractivity contribution is -0.128. The number of benzene rings is 1. The zero-order valence-electron chi connectivity index (χ0n) is 14.4. The van der Waals surface area contributed by atoms with Crippen LogP contribution in [-0.4, -0.2) is 40.8 Å². The molecule has 130 valence electrons. The van der Waals surface area contributed by atoms with Crippen LogP contribution in [0.1, 0.15) is 36.5 Å². The van der Waals surface area contributed by atoms with Crippen LogP contribution in [-0.2, 0) is 4.79 Å². The summed E-state index contributed by atoms with van der Waals surface area (Å²) in [4.78, 5) is 30.7. The third-order valence-corrected chi connectivity index (χ3v) is 5.67. The van der Waals surface area contributed by atoms with E-state index in [1.807, 2.05) is 31.2 Å². The summed E-state index contributed by atoms with van der Waals surface area (Å²) in [7, 11) is 0. The Kier molecular flexibility index (Phi) is 4.15. The second-order valence-electron chi connectivity index (χ2n) is 7.33. The van der Waals surface area contributed by atoms with Crippen molar-refractivity contribution in [3.8, 4) is 0 Å². The third-order valence-electron chi connectivity index (χ3n) is 5.67. The van der Waals surface area contributed by atoms with E-state index in [2.05, 4.69) is 10.3 Å². The van der Waals surface area contributed by atoms with Gasteiger partial charge < -0.3 is 10.2 Å². The quantitative estimate of drug-likeness (QED) is 0.933. The number of fused-ring (bicyclic) bond motifs is 1. The number of carbonyl (C=O) groups is 2. The molecule has 0 spiro atoms. The molecule has 1 aromatic heterocycles. The first kappa shape index (κ1) is 16.1. The molecule has 0 radical (unpaired) electrons. The Labute approximate surface area is 147 Å². The van der Waals surface area contributed by atoms with Gasteiger partial charge in [0.05, 0.1) is 6.04 Å². The van der Waals surface area contributed by atoms with Gasteiger partial charge in [-0.3, -0.25) is 14.6 Å². The van der Waals surface area contributed by atoms with Gasteiger partial charge in [0.25, 0.3) is 5.91 Å². The van der Waals surface area contributed by atoms with E-state index < -0.39 is 0 Å². The fourth-order valence-corrected chi connectivity index (χ4v) is 3.62. The maximum atomic E-state index is 12.6. The number of hydrogen-bond acceptors (Lipinski definition) is 3. The maximum absolute atomic E-state index is 12.6. The molecule has 5 nitrogen and oxygen atoms in total. The summed E-state index contributed by atoms with van der Waals surface area (Å²) in [6.45, 7) is 3.20. The van der Waals surface area contributed by atoms with E-state index >= 15 is 0 Å². The highest BCUT2D eigenvalue weighted by Gasteiger charge is 2.35. The number of likely N-dealkylation sites (tertiary alicyclic amines) is 1. The number of aromatic nitrogens is 1. The highest BCUT2D eigenvalue weighted by Crippen LogP contribution is 2.33. The minimum absolute atomic E-state index is 0.0169. The van der Waals surface area contributed by atoms with E-state index in [-0.39, 0.29) is 23.8 Å². The molecule has 1 aromatic carbocycles. The first-order chi connectivity index (χ1) is 12.1. The van der Waals surface area contributed by atoms with Gasteiger partial charge in [0, 0.05) is 42.4 Å². The molecule has 1 unspecified atom stereocenters. The molecule has 1 N–H and O–H groups in total. The zero-order valence-corrected chi connectivity index (χ0v) is 14.4. The van der Waals surface area contributed by atoms with E-state index in [4.69, 9.17) is 0 Å². The minimum Gasteiger partial charge on any atom is -0.350 e. The van der Waals surface area contributed by atoms with E-state index in [1.165, 1.54) is 19.3 Å². The standard InChI is InChI=1S/C20H23N3O2/c1-13(14-3-2-4-14)19(24)22-18-11-23(12-18)20(25)16-6-5-15-7-8-21-10-17(15)9-16/h5-10,13-14,18H,2-4,11-12H2,1H3,(H,22,24). The second-order valence-corrected chi connectivity index (χ2v) is 7.33. The molecule has 2 fully saturated rings. The van der Waals surface area contributed by atoms with E-state index in [1.54, 1.807) is 17.3 Å². The highest BCUT2D eigenvalue weighted by atomic mass is 16.2. The molecule has 4 rings (SSSR count). The molecule has 1 saturated heterocycles. The molecular weight excluding hydrogens is 314 g/mol. The number of amides is 2. The average molecular weight is 337 g/mol. The smallest absolute Gasteiger partial charge is 0.254 e. The number of rotatable bonds is 4. The molecule has 2 heterocycles. The van der Waals surface area contributed by atoms with Crippen LogP contribution in [0, 0.1) is 11.8 Å². The van der Waals surface area contributed by atoms with Gasteiger partial charge in [-0.2, -0.15) is 0 Å². The number of nitrogens with one attached hydrogen (secondary N) is 1. The van der Waals surface area contributed by atoms with Gasteiger partial charge in [-0.1, -0.05) is 19.4 Å². The van der Waals surface area contributed by atoms with Gasteiger partial charge in [-0.05, 0) is 42.3 Å². The van der Waals surface area contributed by atoms with Crippen LogP contribution < -0.4 is 5.32 Å². The zero-order chi connectivity index (χ0) is 17.4. The molecule has 25 heavy (non-hydrogen) atoms. The van der Waals surface area contributed by atoms with Gasteiger partial charge in [-0.15, -0.1) is 0 Å². The van der Waals surface area contributed by atoms with Crippen LogP contribution in [0.15, 0.2) is 36.7 Å². The summed E-state index contributed by atoms with van der Waals surface area (Å²) in [6, 6.07) is 7.71. The van der Waals surface area contributed by atoms with Crippen molar-refractivity contribution < 1.29 is 9.59 Å². The lowest BCUT2D eigenvalue weighted by Gasteiger charge is -2.41. The van der Waals surface area contributed by atoms with Gasteiger partial charge >= 0.3 is 0 Å². The third kappa shape index (κ3) is 3.11. The van der Waals surface area contributed by atoms with Crippen LogP contribution >= 0.6 is 0 Å². The van der Waals surface area contributed by atoms with Crippen LogP contribution in [0.2, 0.25) is 0 Å². The molecular formula is C20H23N3O2. The second kappa shape index (κ2) is 6.47. The predicted octanol–water partition coefficient (Wildman–Crippen LogP) is 2.61. The van der Waals surface area contributed by atoms with Crippen molar-refractivity contribution in [2.45, 2.75) is 32.2 Å². The lowest BCUT2D eigenvalue weighted by atomic mass is 9.76. The number of pyridine rings is 1. The van der Waals surface area contributed by atoms with Crippen molar-refractivity contribution in [2.75, 3.05) is 13.1 Å². The molecule has 1 aliphatic carbocycles. The monoisotopic (exact) mass is 337 g/mol. The van der Waals surface area contributed by atoms with Gasteiger partial charge in [0.15, 0.2) is 0 Å². The van der Waals surface area contributed by atoms with Gasteiger partial charge in [-0.25, -0.2) is 0 Å². The summed E-state index contributed by atoms with van der Waals surface area (Å²) >= 11 is 0. The topological polar surface area (TPSA) is 62.3 Å². The van der Waals surface area contributed by atoms with Gasteiger partial charge in [0.1, 0.15) is 0 Å². The average Bonchev–Trinajstić information content (AvgIpc) is 2.54. The number of hydrogen-bond donors (Lipinski definition) is 1. The Balaban J connectivity index is 1.33. The normalized spacial score (nSPS) is 19.2. The van der Waals surface area contributed by atoms with Crippen LogP contribution in [0.25, 0.3) is 10.8 Å². The minimum atomic E-state index is 0.0169. The van der Waals surface area contributed by atoms with Gasteiger partial charge in [0.2, 0.25) is 5.91 Å². The molecule has 0 bridgehead atoms. The van der Waals surface area contributed by atoms with Crippen LogP contribution in [0.4, 0.5) is 0 Å². The molecule has 2 aromatic rings. The molecule has 1 saturated carbocycles. The molecule has 5 heteroatoms. The Morgan fingerprint density at radius 2 is 2.00 bits per heavy atom. The lowest BCUT2D eigenvalue weighted by Crippen LogP contribution is -2.61. The van der Waals surface area contributed by atoms with Crippen LogP contribution in [0.3, 0.4) is 0 Å². The van der Waals surface area contributed by atoms with Crippen molar-refractivity contribution in [1.82, 2.24) is 15.2 Å². The molecule has 1 atom stereocenters. The largest absolute Gasteiger partial charge is 0.350 e. The fourth-order valence-electron chi connectivity index (χ4n) is 3.62. The van der Waals surface area contributed by atoms with Crippen molar-refractivity contribution in [1.29, 1.82) is 0 Å². The van der Waals surface area contributed by atoms with E-state index in [0.29, 0.717) is 24.6 Å². The number of carbonyl (C=O) groups excluding carboxylic acids is 2. The SMILES string of the molecule is CC(C(=O)NC1CN(C(=O)c2ccc3ccncc3c2)C1)C1CCC1. The Morgan fingerprint density at radius 1 is 1.20 bits per heavy atom. The van der Waals surface area contributed by atoms with E-state index in [9.17, 15) is 9.59 Å². The first-order valence-corrected chi connectivity index (χ1v) is 9.05.